The van der Waals surface area contributed by atoms with Crippen molar-refractivity contribution >= 4 is 16.9 Å². The minimum absolute atomic E-state index is 0.237. The van der Waals surface area contributed by atoms with Crippen LogP contribution in [0.15, 0.2) is 12.5 Å². The van der Waals surface area contributed by atoms with Gasteiger partial charge in [0.1, 0.15) is 12.1 Å². The van der Waals surface area contributed by atoms with Crippen molar-refractivity contribution in [2.75, 3.05) is 19.0 Å². The molecule has 0 saturated carbocycles. The molecular weight excluding hydrogens is 218 g/mol. The molecule has 0 atom stereocenters. The lowest BCUT2D eigenvalue weighted by Gasteiger charge is -2.23. The summed E-state index contributed by atoms with van der Waals surface area (Å²) in [4.78, 5) is 8.41. The minimum atomic E-state index is -0.237. The number of hydrogen-bond donors (Lipinski definition) is 1. The standard InChI is InChI=1S/C11H17N5O/c1-11(2,17-4)6-12-9-8-5-15-16(3)10(8)14-7-13-9/h5,7H,6H2,1-4H3,(H,12,13,14). The molecule has 0 amide bonds. The van der Waals surface area contributed by atoms with E-state index in [0.29, 0.717) is 6.54 Å². The molecule has 0 unspecified atom stereocenters. The Bertz CT molecular complexity index is 520. The van der Waals surface area contributed by atoms with Crippen molar-refractivity contribution in [1.29, 1.82) is 0 Å². The van der Waals surface area contributed by atoms with E-state index in [1.54, 1.807) is 18.0 Å². The van der Waals surface area contributed by atoms with Gasteiger partial charge in [-0.05, 0) is 13.8 Å². The van der Waals surface area contributed by atoms with Gasteiger partial charge in [0.15, 0.2) is 5.65 Å². The Morgan fingerprint density at radius 2 is 2.18 bits per heavy atom. The summed E-state index contributed by atoms with van der Waals surface area (Å²) < 4.78 is 7.08. The summed E-state index contributed by atoms with van der Waals surface area (Å²) in [7, 11) is 3.56. The Labute approximate surface area is 100 Å². The van der Waals surface area contributed by atoms with Crippen LogP contribution in [0.1, 0.15) is 13.8 Å². The van der Waals surface area contributed by atoms with E-state index in [1.165, 1.54) is 6.33 Å². The van der Waals surface area contributed by atoms with E-state index >= 15 is 0 Å². The van der Waals surface area contributed by atoms with Gasteiger partial charge in [-0.25, -0.2) is 9.97 Å². The number of aromatic nitrogens is 4. The molecule has 2 aromatic rings. The Kier molecular flexibility index (Phi) is 2.97. The highest BCUT2D eigenvalue weighted by atomic mass is 16.5. The van der Waals surface area contributed by atoms with E-state index in [0.717, 1.165) is 16.9 Å². The normalized spacial score (nSPS) is 12.0. The fraction of sp³-hybridized carbons (Fsp3) is 0.545. The second-order valence-corrected chi connectivity index (χ2v) is 4.55. The Morgan fingerprint density at radius 3 is 2.88 bits per heavy atom. The number of nitrogens with zero attached hydrogens (tertiary/aromatic N) is 4. The maximum atomic E-state index is 5.35. The first-order valence-electron chi connectivity index (χ1n) is 5.45. The maximum Gasteiger partial charge on any atom is 0.163 e. The molecule has 0 aliphatic rings. The van der Waals surface area contributed by atoms with Gasteiger partial charge in [-0.15, -0.1) is 0 Å². The van der Waals surface area contributed by atoms with Crippen LogP contribution in [0.4, 0.5) is 5.82 Å². The summed E-state index contributed by atoms with van der Waals surface area (Å²) >= 11 is 0. The topological polar surface area (TPSA) is 64.9 Å². The largest absolute Gasteiger partial charge is 0.377 e. The number of anilines is 1. The van der Waals surface area contributed by atoms with Crippen LogP contribution >= 0.6 is 0 Å². The molecular formula is C11H17N5O. The number of rotatable bonds is 4. The van der Waals surface area contributed by atoms with Crippen molar-refractivity contribution in [3.63, 3.8) is 0 Å². The summed E-state index contributed by atoms with van der Waals surface area (Å²) in [6.45, 7) is 4.70. The lowest BCUT2D eigenvalue weighted by Crippen LogP contribution is -2.32. The van der Waals surface area contributed by atoms with Crippen molar-refractivity contribution < 1.29 is 4.74 Å². The van der Waals surface area contributed by atoms with Crippen molar-refractivity contribution in [2.45, 2.75) is 19.4 Å². The molecule has 0 radical (unpaired) electrons. The average molecular weight is 235 g/mol. The van der Waals surface area contributed by atoms with E-state index in [4.69, 9.17) is 4.74 Å². The van der Waals surface area contributed by atoms with Crippen molar-refractivity contribution in [2.24, 2.45) is 7.05 Å². The van der Waals surface area contributed by atoms with Gasteiger partial charge in [0, 0.05) is 20.7 Å². The zero-order chi connectivity index (χ0) is 12.5. The fourth-order valence-electron chi connectivity index (χ4n) is 1.47. The smallest absolute Gasteiger partial charge is 0.163 e. The molecule has 0 bridgehead atoms. The van der Waals surface area contributed by atoms with E-state index in [1.807, 2.05) is 20.9 Å². The molecule has 1 N–H and O–H groups in total. The second kappa shape index (κ2) is 4.29. The molecule has 2 heterocycles. The van der Waals surface area contributed by atoms with Crippen LogP contribution in [0.2, 0.25) is 0 Å². The summed E-state index contributed by atoms with van der Waals surface area (Å²) in [5, 5.41) is 8.35. The molecule has 6 heteroatoms. The van der Waals surface area contributed by atoms with Crippen LogP contribution in [0.25, 0.3) is 11.0 Å². The first kappa shape index (κ1) is 11.8. The highest BCUT2D eigenvalue weighted by Gasteiger charge is 2.17. The van der Waals surface area contributed by atoms with Gasteiger partial charge in [-0.3, -0.25) is 4.68 Å². The number of ether oxygens (including phenoxy) is 1. The third kappa shape index (κ3) is 2.36. The quantitative estimate of drug-likeness (QED) is 0.862. The van der Waals surface area contributed by atoms with E-state index in [-0.39, 0.29) is 5.60 Å². The zero-order valence-electron chi connectivity index (χ0n) is 10.6. The monoisotopic (exact) mass is 235 g/mol. The van der Waals surface area contributed by atoms with Crippen molar-refractivity contribution in [3.8, 4) is 0 Å². The van der Waals surface area contributed by atoms with Crippen molar-refractivity contribution in [1.82, 2.24) is 19.7 Å². The highest BCUT2D eigenvalue weighted by molar-refractivity contribution is 5.85. The summed E-state index contributed by atoms with van der Waals surface area (Å²) in [5.74, 6) is 0.785. The number of hydrogen-bond acceptors (Lipinski definition) is 5. The van der Waals surface area contributed by atoms with Gasteiger partial charge >= 0.3 is 0 Å². The zero-order valence-corrected chi connectivity index (χ0v) is 10.6. The summed E-state index contributed by atoms with van der Waals surface area (Å²) in [5.41, 5.74) is 0.581. The molecule has 2 aromatic heterocycles. The van der Waals surface area contributed by atoms with Crippen LogP contribution in [-0.4, -0.2) is 39.0 Å². The van der Waals surface area contributed by atoms with Crippen LogP contribution < -0.4 is 5.32 Å². The second-order valence-electron chi connectivity index (χ2n) is 4.55. The van der Waals surface area contributed by atoms with Crippen LogP contribution in [-0.2, 0) is 11.8 Å². The molecule has 6 nitrogen and oxygen atoms in total. The first-order chi connectivity index (χ1) is 8.03. The van der Waals surface area contributed by atoms with Gasteiger partial charge < -0.3 is 10.1 Å². The third-order valence-electron chi connectivity index (χ3n) is 2.76. The van der Waals surface area contributed by atoms with Crippen LogP contribution in [0.5, 0.6) is 0 Å². The number of methoxy groups -OCH3 is 1. The lowest BCUT2D eigenvalue weighted by molar-refractivity contribution is 0.0343. The average Bonchev–Trinajstić information content (AvgIpc) is 2.70. The molecule has 0 saturated heterocycles. The van der Waals surface area contributed by atoms with Gasteiger partial charge in [0.25, 0.3) is 0 Å². The number of fused-ring (bicyclic) bond motifs is 1. The lowest BCUT2D eigenvalue weighted by atomic mass is 10.1. The summed E-state index contributed by atoms with van der Waals surface area (Å²) in [6, 6.07) is 0. The highest BCUT2D eigenvalue weighted by Crippen LogP contribution is 2.18. The fourth-order valence-corrected chi connectivity index (χ4v) is 1.47. The molecule has 0 aliphatic carbocycles. The number of aryl methyl sites for hydroxylation is 1. The maximum absolute atomic E-state index is 5.35. The van der Waals surface area contributed by atoms with E-state index < -0.39 is 0 Å². The molecule has 0 fully saturated rings. The summed E-state index contributed by atoms with van der Waals surface area (Å²) in [6.07, 6.45) is 3.30. The Morgan fingerprint density at radius 1 is 1.41 bits per heavy atom. The van der Waals surface area contributed by atoms with Crippen LogP contribution in [0, 0.1) is 0 Å². The third-order valence-corrected chi connectivity index (χ3v) is 2.76. The van der Waals surface area contributed by atoms with E-state index in [2.05, 4.69) is 20.4 Å². The first-order valence-corrected chi connectivity index (χ1v) is 5.45. The van der Waals surface area contributed by atoms with E-state index in [9.17, 15) is 0 Å². The Balaban J connectivity index is 2.25. The van der Waals surface area contributed by atoms with Gasteiger partial charge in [-0.1, -0.05) is 0 Å². The van der Waals surface area contributed by atoms with Gasteiger partial charge in [0.05, 0.1) is 17.2 Å². The number of nitrogens with one attached hydrogen (secondary N) is 1. The molecule has 92 valence electrons. The molecule has 0 aromatic carbocycles. The minimum Gasteiger partial charge on any atom is -0.377 e. The predicted molar refractivity (Wildman–Crippen MR) is 65.9 cm³/mol. The molecule has 17 heavy (non-hydrogen) atoms. The molecule has 0 aliphatic heterocycles. The molecule has 0 spiro atoms. The van der Waals surface area contributed by atoms with Gasteiger partial charge in [-0.2, -0.15) is 5.10 Å². The van der Waals surface area contributed by atoms with Gasteiger partial charge in [0.2, 0.25) is 0 Å². The van der Waals surface area contributed by atoms with Crippen molar-refractivity contribution in [3.05, 3.63) is 12.5 Å². The predicted octanol–water partition coefficient (Wildman–Crippen LogP) is 1.20. The SMILES string of the molecule is COC(C)(C)CNc1ncnc2c1cnn2C. The molecule has 2 rings (SSSR count). The van der Waals surface area contributed by atoms with Crippen LogP contribution in [0.3, 0.4) is 0 Å². The Hall–Kier alpha value is -1.69.